The average molecular weight is 796 g/mol. The first kappa shape index (κ1) is 44.2. The van der Waals surface area contributed by atoms with Gasteiger partial charge in [-0.1, -0.05) is 0 Å². The standard InChI is InChI=1S/C36H49N3O15S/c1-19-13-24(40)48-22-14-20(11-12-21(19)22)47-30-29(51-27(43)17-39-33(46)54-36(8,9)10)28(50-26(42)16-38-32(45)53-35(5,6)7)23(18-55-30)49-25(41)15-37-31(44)52-34(2,3)4/h11-14,23,28-30H,15-18H2,1-10H3,(H,37,44)(H,38,45)(H,39,46)/t23-,28+,29-,30-/m1/s1. The van der Waals surface area contributed by atoms with Crippen LogP contribution in [0.4, 0.5) is 14.4 Å². The van der Waals surface area contributed by atoms with E-state index in [2.05, 4.69) is 16.0 Å². The molecule has 55 heavy (non-hydrogen) atoms. The number of carbonyl (C=O) groups is 6. The zero-order valence-corrected chi connectivity index (χ0v) is 33.3. The smallest absolute Gasteiger partial charge is 0.408 e. The molecule has 2 aromatic rings. The van der Waals surface area contributed by atoms with Crippen molar-refractivity contribution in [2.45, 2.75) is 110 Å². The molecule has 1 aliphatic heterocycles. The van der Waals surface area contributed by atoms with Crippen LogP contribution in [0.5, 0.6) is 5.75 Å². The third kappa shape index (κ3) is 15.6. The number of nitrogens with one attached hydrogen (secondary N) is 3. The second kappa shape index (κ2) is 18.4. The summed E-state index contributed by atoms with van der Waals surface area (Å²) in [5.41, 5.74) is -3.47. The van der Waals surface area contributed by atoms with Crippen LogP contribution in [0, 0.1) is 6.92 Å². The fraction of sp³-hybridized carbons (Fsp3) is 0.583. The summed E-state index contributed by atoms with van der Waals surface area (Å²) < 4.78 is 44.1. The third-order valence-corrected chi connectivity index (χ3v) is 7.92. The van der Waals surface area contributed by atoms with Gasteiger partial charge in [-0.25, -0.2) is 19.2 Å². The molecule has 0 saturated carbocycles. The van der Waals surface area contributed by atoms with E-state index < -0.39 is 102 Å². The number of rotatable bonds is 11. The molecule has 0 radical (unpaired) electrons. The summed E-state index contributed by atoms with van der Waals surface area (Å²) >= 11 is 1.02. The summed E-state index contributed by atoms with van der Waals surface area (Å²) in [4.78, 5) is 88.2. The van der Waals surface area contributed by atoms with E-state index in [9.17, 15) is 33.6 Å². The SMILES string of the molecule is Cc1cc(=O)oc2cc(O[C@@H]3SC[C@@H](OC(=O)CNC(=O)OC(C)(C)C)[C@H](OC(=O)CNC(=O)OC(C)(C)C)[C@H]3OC(=O)CNC(=O)OC(C)(C)C)ccc12. The minimum atomic E-state index is -1.57. The Morgan fingerprint density at radius 3 is 1.62 bits per heavy atom. The van der Waals surface area contributed by atoms with Crippen LogP contribution in [0.1, 0.15) is 67.9 Å². The third-order valence-electron chi connectivity index (χ3n) is 6.70. The van der Waals surface area contributed by atoms with E-state index in [1.807, 2.05) is 0 Å². The number of aryl methyl sites for hydroxylation is 1. The van der Waals surface area contributed by atoms with Crippen molar-refractivity contribution in [1.82, 2.24) is 16.0 Å². The first-order chi connectivity index (χ1) is 25.4. The molecule has 304 valence electrons. The number of hydrogen-bond acceptors (Lipinski definition) is 16. The van der Waals surface area contributed by atoms with E-state index in [0.29, 0.717) is 10.9 Å². The highest BCUT2D eigenvalue weighted by atomic mass is 32.2. The van der Waals surface area contributed by atoms with Gasteiger partial charge in [-0.15, -0.1) is 11.8 Å². The lowest BCUT2D eigenvalue weighted by Crippen LogP contribution is -2.57. The zero-order chi connectivity index (χ0) is 41.3. The van der Waals surface area contributed by atoms with Crippen LogP contribution in [0.15, 0.2) is 33.5 Å². The van der Waals surface area contributed by atoms with Gasteiger partial charge in [0.2, 0.25) is 0 Å². The molecule has 0 bridgehead atoms. The number of thioether (sulfide) groups is 1. The van der Waals surface area contributed by atoms with Crippen LogP contribution < -0.4 is 26.3 Å². The summed E-state index contributed by atoms with van der Waals surface area (Å²) in [7, 11) is 0. The zero-order valence-electron chi connectivity index (χ0n) is 32.5. The number of benzene rings is 1. The van der Waals surface area contributed by atoms with Crippen molar-refractivity contribution in [2.75, 3.05) is 25.4 Å². The Hall–Kier alpha value is -5.20. The molecule has 1 aromatic carbocycles. The number of hydrogen-bond donors (Lipinski definition) is 3. The predicted octanol–water partition coefficient (Wildman–Crippen LogP) is 3.86. The van der Waals surface area contributed by atoms with Crippen molar-refractivity contribution >= 4 is 58.9 Å². The lowest BCUT2D eigenvalue weighted by molar-refractivity contribution is -0.188. The predicted molar refractivity (Wildman–Crippen MR) is 196 cm³/mol. The molecule has 1 aromatic heterocycles. The summed E-state index contributed by atoms with van der Waals surface area (Å²) in [6.45, 7) is 14.4. The van der Waals surface area contributed by atoms with E-state index >= 15 is 0 Å². The molecule has 0 unspecified atom stereocenters. The topological polar surface area (TPSA) is 233 Å². The second-order valence-electron chi connectivity index (χ2n) is 15.2. The van der Waals surface area contributed by atoms with Gasteiger partial charge in [-0.3, -0.25) is 14.4 Å². The highest BCUT2D eigenvalue weighted by Gasteiger charge is 2.48. The highest BCUT2D eigenvalue weighted by Crippen LogP contribution is 2.35. The summed E-state index contributed by atoms with van der Waals surface area (Å²) in [5.74, 6) is -2.94. The van der Waals surface area contributed by atoms with Gasteiger partial charge in [0, 0.05) is 23.3 Å². The van der Waals surface area contributed by atoms with Crippen LogP contribution in [0.2, 0.25) is 0 Å². The van der Waals surface area contributed by atoms with E-state index in [1.54, 1.807) is 81.4 Å². The number of alkyl carbamates (subject to hydrolysis) is 3. The van der Waals surface area contributed by atoms with Gasteiger partial charge >= 0.3 is 41.8 Å². The van der Waals surface area contributed by atoms with Gasteiger partial charge in [-0.05, 0) is 86.9 Å². The van der Waals surface area contributed by atoms with Crippen LogP contribution in [-0.2, 0) is 42.8 Å². The number of fused-ring (bicyclic) bond motifs is 1. The van der Waals surface area contributed by atoms with Gasteiger partial charge in [0.1, 0.15) is 47.8 Å². The summed E-state index contributed by atoms with van der Waals surface area (Å²) in [6.07, 6.45) is -7.14. The Kier molecular flexibility index (Phi) is 14.8. The minimum absolute atomic E-state index is 0.0910. The summed E-state index contributed by atoms with van der Waals surface area (Å²) in [5, 5.41) is 7.47. The molecule has 1 aliphatic rings. The van der Waals surface area contributed by atoms with Gasteiger partial charge in [0.05, 0.1) is 0 Å². The van der Waals surface area contributed by atoms with Crippen molar-refractivity contribution in [1.29, 1.82) is 0 Å². The van der Waals surface area contributed by atoms with Crippen LogP contribution in [0.25, 0.3) is 11.0 Å². The molecule has 1 fully saturated rings. The molecule has 18 nitrogen and oxygen atoms in total. The van der Waals surface area contributed by atoms with Crippen molar-refractivity contribution in [3.05, 3.63) is 40.2 Å². The lowest BCUT2D eigenvalue weighted by Gasteiger charge is -2.40. The Bertz CT molecular complexity index is 1790. The number of carbonyl (C=O) groups excluding carboxylic acids is 6. The van der Waals surface area contributed by atoms with Gasteiger partial charge < -0.3 is 53.5 Å². The molecular weight excluding hydrogens is 746 g/mol. The molecule has 19 heteroatoms. The molecule has 3 rings (SSSR count). The molecule has 0 spiro atoms. The van der Waals surface area contributed by atoms with E-state index in [-0.39, 0.29) is 17.1 Å². The number of ether oxygens (including phenoxy) is 7. The van der Waals surface area contributed by atoms with Crippen LogP contribution in [0.3, 0.4) is 0 Å². The molecule has 2 heterocycles. The highest BCUT2D eigenvalue weighted by molar-refractivity contribution is 7.99. The maximum Gasteiger partial charge on any atom is 0.408 e. The van der Waals surface area contributed by atoms with Crippen LogP contribution in [-0.4, -0.2) is 102 Å². The molecule has 1 saturated heterocycles. The maximum absolute atomic E-state index is 13.2. The molecule has 3 amide bonds. The van der Waals surface area contributed by atoms with Gasteiger partial charge in [0.15, 0.2) is 23.7 Å². The normalized spacial score (nSPS) is 18.6. The Balaban J connectivity index is 1.93. The number of amides is 3. The molecular formula is C36H49N3O15S. The maximum atomic E-state index is 13.2. The minimum Gasteiger partial charge on any atom is -0.476 e. The van der Waals surface area contributed by atoms with Crippen molar-refractivity contribution in [3.8, 4) is 5.75 Å². The van der Waals surface area contributed by atoms with E-state index in [0.717, 1.165) is 11.8 Å². The number of esters is 3. The first-order valence-electron chi connectivity index (χ1n) is 17.2. The quantitative estimate of drug-likeness (QED) is 0.166. The van der Waals surface area contributed by atoms with Crippen LogP contribution >= 0.6 is 11.8 Å². The summed E-state index contributed by atoms with van der Waals surface area (Å²) in [6, 6.07) is 6.03. The Labute approximate surface area is 321 Å². The second-order valence-corrected chi connectivity index (χ2v) is 16.4. The lowest BCUT2D eigenvalue weighted by atomic mass is 10.1. The monoisotopic (exact) mass is 795 g/mol. The molecule has 4 atom stereocenters. The fourth-order valence-electron chi connectivity index (χ4n) is 4.70. The van der Waals surface area contributed by atoms with E-state index in [4.69, 9.17) is 37.6 Å². The Morgan fingerprint density at radius 1 is 0.691 bits per heavy atom. The van der Waals surface area contributed by atoms with Gasteiger partial charge in [-0.2, -0.15) is 0 Å². The van der Waals surface area contributed by atoms with Crippen molar-refractivity contribution in [2.24, 2.45) is 0 Å². The first-order valence-corrected chi connectivity index (χ1v) is 18.2. The fourth-order valence-corrected chi connectivity index (χ4v) is 5.92. The van der Waals surface area contributed by atoms with Crippen molar-refractivity contribution in [3.63, 3.8) is 0 Å². The van der Waals surface area contributed by atoms with E-state index in [1.165, 1.54) is 12.1 Å². The van der Waals surface area contributed by atoms with Crippen molar-refractivity contribution < 1.29 is 66.3 Å². The average Bonchev–Trinajstić information content (AvgIpc) is 3.01. The Morgan fingerprint density at radius 2 is 1.15 bits per heavy atom. The van der Waals surface area contributed by atoms with Gasteiger partial charge in [0.25, 0.3) is 0 Å². The molecule has 0 aliphatic carbocycles. The molecule has 3 N–H and O–H groups in total. The largest absolute Gasteiger partial charge is 0.476 e.